The second-order valence-corrected chi connectivity index (χ2v) is 10.0. The third-order valence-electron chi connectivity index (χ3n) is 4.61. The molecule has 1 atom stereocenters. The number of benzene rings is 1. The average Bonchev–Trinajstić information content (AvgIpc) is 2.54. The van der Waals surface area contributed by atoms with Crippen LogP contribution in [0.5, 0.6) is 5.75 Å². The molecule has 6 heteroatoms. The zero-order valence-electron chi connectivity index (χ0n) is 17.3. The van der Waals surface area contributed by atoms with Gasteiger partial charge in [0.2, 0.25) is 0 Å². The van der Waals surface area contributed by atoms with Crippen LogP contribution in [0.1, 0.15) is 58.2 Å². The number of aldehydes is 1. The predicted octanol–water partition coefficient (Wildman–Crippen LogP) is 4.50. The van der Waals surface area contributed by atoms with Crippen LogP contribution in [0.25, 0.3) is 6.08 Å². The van der Waals surface area contributed by atoms with Crippen molar-refractivity contribution >= 4 is 30.1 Å². The van der Waals surface area contributed by atoms with Gasteiger partial charge in [0.15, 0.2) is 0 Å². The van der Waals surface area contributed by atoms with Crippen molar-refractivity contribution in [1.82, 2.24) is 4.90 Å². The molecule has 0 bridgehead atoms. The van der Waals surface area contributed by atoms with Crippen LogP contribution in [-0.4, -0.2) is 40.0 Å². The van der Waals surface area contributed by atoms with Gasteiger partial charge in [0.25, 0.3) is 0 Å². The fourth-order valence-corrected chi connectivity index (χ4v) is 4.04. The number of hydrogen-bond acceptors (Lipinski definition) is 5. The van der Waals surface area contributed by atoms with E-state index in [1.807, 2.05) is 59.8 Å². The quantitative estimate of drug-likeness (QED) is 0.721. The van der Waals surface area contributed by atoms with Gasteiger partial charge in [-0.25, -0.2) is 0 Å². The zero-order valence-corrected chi connectivity index (χ0v) is 18.1. The molecule has 1 aromatic rings. The first-order chi connectivity index (χ1) is 12.8. The van der Waals surface area contributed by atoms with Gasteiger partial charge in [0.05, 0.1) is 0 Å². The Morgan fingerprint density at radius 3 is 2.11 bits per heavy atom. The molecule has 0 fully saturated rings. The summed E-state index contributed by atoms with van der Waals surface area (Å²) < 4.78 is 0. The van der Waals surface area contributed by atoms with Crippen molar-refractivity contribution < 1.29 is 19.8 Å². The molecule has 28 heavy (non-hydrogen) atoms. The van der Waals surface area contributed by atoms with Crippen molar-refractivity contribution in [2.45, 2.75) is 58.4 Å². The summed E-state index contributed by atoms with van der Waals surface area (Å²) in [6.45, 7) is 12.0. The van der Waals surface area contributed by atoms with Crippen molar-refractivity contribution in [3.8, 4) is 5.75 Å². The number of rotatable bonds is 4. The average molecular weight is 404 g/mol. The van der Waals surface area contributed by atoms with Crippen LogP contribution in [-0.2, 0) is 20.4 Å². The number of carbonyl (C=O) groups is 2. The molecule has 0 saturated carbocycles. The number of carbonyl (C=O) groups excluding carboxylic acids is 1. The third-order valence-corrected chi connectivity index (χ3v) is 5.50. The Hall–Kier alpha value is -2.21. The maximum atomic E-state index is 11.7. The number of aromatic hydroxyl groups is 1. The summed E-state index contributed by atoms with van der Waals surface area (Å²) in [5.74, 6) is -0.685. The fraction of sp³-hybridized carbons (Fsp3) is 0.455. The SMILES string of the molecule is CC(C)(C)c1cc(C=C2SC=CN(CC(=O)O)C2C=O)cc(C(C)(C)C)c1O. The molecule has 2 rings (SSSR count). The van der Waals surface area contributed by atoms with E-state index in [0.717, 1.165) is 27.9 Å². The smallest absolute Gasteiger partial charge is 0.323 e. The topological polar surface area (TPSA) is 77.8 Å². The second-order valence-electron chi connectivity index (χ2n) is 9.06. The Balaban J connectivity index is 2.59. The molecule has 5 nitrogen and oxygen atoms in total. The van der Waals surface area contributed by atoms with Crippen LogP contribution in [0.3, 0.4) is 0 Å². The van der Waals surface area contributed by atoms with Gasteiger partial charge in [0.1, 0.15) is 24.6 Å². The fourth-order valence-electron chi connectivity index (χ4n) is 3.13. The number of phenols is 1. The van der Waals surface area contributed by atoms with Crippen molar-refractivity contribution in [2.75, 3.05) is 6.54 Å². The number of thioether (sulfide) groups is 1. The monoisotopic (exact) mass is 403 g/mol. The summed E-state index contributed by atoms with van der Waals surface area (Å²) in [4.78, 5) is 25.1. The number of carboxylic acids is 1. The van der Waals surface area contributed by atoms with Crippen LogP contribution < -0.4 is 0 Å². The molecule has 0 radical (unpaired) electrons. The minimum atomic E-state index is -0.988. The number of nitrogens with zero attached hydrogens (tertiary/aromatic N) is 1. The second kappa shape index (κ2) is 8.03. The van der Waals surface area contributed by atoms with Gasteiger partial charge in [-0.15, -0.1) is 0 Å². The summed E-state index contributed by atoms with van der Waals surface area (Å²) >= 11 is 1.40. The normalized spacial score (nSPS) is 19.1. The van der Waals surface area contributed by atoms with Gasteiger partial charge < -0.3 is 19.9 Å². The summed E-state index contributed by atoms with van der Waals surface area (Å²) in [6, 6.07) is 3.25. The Morgan fingerprint density at radius 1 is 1.14 bits per heavy atom. The molecule has 152 valence electrons. The van der Waals surface area contributed by atoms with Gasteiger partial charge >= 0.3 is 5.97 Å². The summed E-state index contributed by atoms with van der Waals surface area (Å²) in [5, 5.41) is 21.7. The Morgan fingerprint density at radius 2 is 1.68 bits per heavy atom. The van der Waals surface area contributed by atoms with E-state index in [1.54, 1.807) is 11.6 Å². The maximum absolute atomic E-state index is 11.7. The molecule has 1 unspecified atom stereocenters. The highest BCUT2D eigenvalue weighted by atomic mass is 32.2. The van der Waals surface area contributed by atoms with E-state index in [4.69, 9.17) is 5.11 Å². The lowest BCUT2D eigenvalue weighted by atomic mass is 9.78. The van der Waals surface area contributed by atoms with E-state index in [-0.39, 0.29) is 17.4 Å². The minimum Gasteiger partial charge on any atom is -0.507 e. The molecular formula is C22H29NO4S. The summed E-state index contributed by atoms with van der Waals surface area (Å²) in [5.41, 5.74) is 2.06. The molecule has 0 saturated heterocycles. The number of carboxylic acid groups (broad SMARTS) is 1. The first-order valence-electron chi connectivity index (χ1n) is 9.20. The predicted molar refractivity (Wildman–Crippen MR) is 114 cm³/mol. The standard InChI is InChI=1S/C22H29NO4S/c1-21(2,3)15-9-14(10-16(20(15)27)22(4,5)6)11-18-17(13-24)23(7-8-28-18)12-19(25)26/h7-11,13,17,27H,12H2,1-6H3,(H,25,26). The largest absolute Gasteiger partial charge is 0.507 e. The summed E-state index contributed by atoms with van der Waals surface area (Å²) in [6.07, 6.45) is 4.31. The molecular weight excluding hydrogens is 374 g/mol. The number of hydrogen-bond donors (Lipinski definition) is 2. The highest BCUT2D eigenvalue weighted by molar-refractivity contribution is 8.06. The molecule has 2 N–H and O–H groups in total. The van der Waals surface area contributed by atoms with E-state index in [9.17, 15) is 14.7 Å². The van der Waals surface area contributed by atoms with Gasteiger partial charge in [-0.1, -0.05) is 53.3 Å². The van der Waals surface area contributed by atoms with Gasteiger partial charge in [-0.2, -0.15) is 0 Å². The Bertz CT molecular complexity index is 793. The van der Waals surface area contributed by atoms with Crippen molar-refractivity contribution in [1.29, 1.82) is 0 Å². The molecule has 1 aliphatic rings. The van der Waals surface area contributed by atoms with Crippen LogP contribution in [0.2, 0.25) is 0 Å². The molecule has 0 aliphatic carbocycles. The van der Waals surface area contributed by atoms with Gasteiger partial charge in [-0.05, 0) is 40.0 Å². The van der Waals surface area contributed by atoms with Gasteiger partial charge in [-0.3, -0.25) is 4.79 Å². The molecule has 0 spiro atoms. The lowest BCUT2D eigenvalue weighted by Gasteiger charge is -2.30. The molecule has 0 amide bonds. The van der Waals surface area contributed by atoms with E-state index < -0.39 is 12.0 Å². The van der Waals surface area contributed by atoms with E-state index in [2.05, 4.69) is 0 Å². The highest BCUT2D eigenvalue weighted by Gasteiger charge is 2.28. The first kappa shape index (κ1) is 22.1. The lowest BCUT2D eigenvalue weighted by molar-refractivity contribution is -0.138. The van der Waals surface area contributed by atoms with Crippen molar-refractivity contribution in [2.24, 2.45) is 0 Å². The molecule has 1 aromatic carbocycles. The van der Waals surface area contributed by atoms with Crippen LogP contribution in [0, 0.1) is 0 Å². The first-order valence-corrected chi connectivity index (χ1v) is 10.1. The molecule has 1 heterocycles. The van der Waals surface area contributed by atoms with Gasteiger partial charge in [0, 0.05) is 22.2 Å². The molecule has 0 aromatic heterocycles. The number of phenolic OH excluding ortho intramolecular Hbond substituents is 1. The van der Waals surface area contributed by atoms with E-state index >= 15 is 0 Å². The van der Waals surface area contributed by atoms with E-state index in [0.29, 0.717) is 5.75 Å². The van der Waals surface area contributed by atoms with Crippen LogP contribution >= 0.6 is 11.8 Å². The lowest BCUT2D eigenvalue weighted by Crippen LogP contribution is -2.38. The van der Waals surface area contributed by atoms with Crippen LogP contribution in [0.15, 0.2) is 28.6 Å². The van der Waals surface area contributed by atoms with E-state index in [1.165, 1.54) is 16.7 Å². The Kier molecular flexibility index (Phi) is 6.34. The molecule has 1 aliphatic heterocycles. The highest BCUT2D eigenvalue weighted by Crippen LogP contribution is 2.41. The van der Waals surface area contributed by atoms with Crippen molar-refractivity contribution in [3.05, 3.63) is 45.3 Å². The summed E-state index contributed by atoms with van der Waals surface area (Å²) in [7, 11) is 0. The Labute approximate surface area is 171 Å². The minimum absolute atomic E-state index is 0.242. The maximum Gasteiger partial charge on any atom is 0.323 e. The number of aliphatic carboxylic acids is 1. The third kappa shape index (κ3) is 4.98. The zero-order chi connectivity index (χ0) is 21.3. The van der Waals surface area contributed by atoms with Crippen molar-refractivity contribution in [3.63, 3.8) is 0 Å². The van der Waals surface area contributed by atoms with Crippen LogP contribution in [0.4, 0.5) is 0 Å².